The maximum absolute atomic E-state index is 12.3. The molecule has 0 atom stereocenters. The summed E-state index contributed by atoms with van der Waals surface area (Å²) < 4.78 is 24.7. The average Bonchev–Trinajstić information content (AvgIpc) is 2.03. The van der Waals surface area contributed by atoms with Crippen molar-refractivity contribution >= 4 is 11.6 Å². The van der Waals surface area contributed by atoms with E-state index in [1.54, 1.807) is 6.07 Å². The summed E-state index contributed by atoms with van der Waals surface area (Å²) in [5.41, 5.74) is 0.0164. The van der Waals surface area contributed by atoms with E-state index in [1.165, 1.54) is 25.1 Å². The summed E-state index contributed by atoms with van der Waals surface area (Å²) in [6.07, 6.45) is -2.57. The average molecular weight is 185 g/mol. The van der Waals surface area contributed by atoms with E-state index in [4.69, 9.17) is 0 Å². The molecule has 1 rings (SSSR count). The van der Waals surface area contributed by atoms with E-state index < -0.39 is 6.43 Å². The highest BCUT2D eigenvalue weighted by Gasteiger charge is 2.12. The van der Waals surface area contributed by atoms with Crippen molar-refractivity contribution in [2.24, 2.45) is 0 Å². The number of benzene rings is 1. The molecule has 0 aliphatic carbocycles. The van der Waals surface area contributed by atoms with Crippen molar-refractivity contribution in [1.82, 2.24) is 0 Å². The maximum Gasteiger partial charge on any atom is 0.265 e. The summed E-state index contributed by atoms with van der Waals surface area (Å²) >= 11 is 0. The van der Waals surface area contributed by atoms with Crippen LogP contribution in [0.15, 0.2) is 24.3 Å². The van der Waals surface area contributed by atoms with Crippen LogP contribution in [0.5, 0.6) is 0 Å². The molecule has 0 saturated heterocycles. The second-order valence-electron chi connectivity index (χ2n) is 2.57. The van der Waals surface area contributed by atoms with Crippen LogP contribution >= 0.6 is 0 Å². The molecule has 0 fully saturated rings. The molecule has 0 saturated carbocycles. The molecule has 0 heterocycles. The Morgan fingerprint density at radius 3 is 2.54 bits per heavy atom. The van der Waals surface area contributed by atoms with Gasteiger partial charge in [-0.15, -0.1) is 0 Å². The van der Waals surface area contributed by atoms with Crippen LogP contribution in [0.3, 0.4) is 0 Å². The van der Waals surface area contributed by atoms with E-state index in [0.717, 1.165) is 0 Å². The van der Waals surface area contributed by atoms with Gasteiger partial charge >= 0.3 is 0 Å². The summed E-state index contributed by atoms with van der Waals surface area (Å²) in [6.45, 7) is 1.28. The number of para-hydroxylation sites is 1. The number of nitrogens with one attached hydrogen (secondary N) is 1. The van der Waals surface area contributed by atoms with Crippen LogP contribution in [-0.4, -0.2) is 5.91 Å². The summed E-state index contributed by atoms with van der Waals surface area (Å²) in [5.74, 6) is -0.354. The Hall–Kier alpha value is -1.45. The normalized spacial score (nSPS) is 10.2. The van der Waals surface area contributed by atoms with Gasteiger partial charge in [0.05, 0.1) is 0 Å². The fraction of sp³-hybridized carbons (Fsp3) is 0.222. The fourth-order valence-electron chi connectivity index (χ4n) is 0.991. The first-order valence-electron chi connectivity index (χ1n) is 3.76. The largest absolute Gasteiger partial charge is 0.326 e. The molecule has 0 unspecified atom stereocenters. The first-order valence-corrected chi connectivity index (χ1v) is 3.76. The molecule has 1 amide bonds. The Kier molecular flexibility index (Phi) is 2.95. The third-order valence-electron chi connectivity index (χ3n) is 1.51. The lowest BCUT2D eigenvalue weighted by Crippen LogP contribution is -2.08. The number of amides is 1. The van der Waals surface area contributed by atoms with Gasteiger partial charge in [-0.05, 0) is 6.07 Å². The molecular formula is C9H9F2NO. The quantitative estimate of drug-likeness (QED) is 0.753. The monoisotopic (exact) mass is 185 g/mol. The number of alkyl halides is 2. The number of hydrogen-bond donors (Lipinski definition) is 1. The van der Waals surface area contributed by atoms with Gasteiger partial charge < -0.3 is 5.32 Å². The van der Waals surface area contributed by atoms with Gasteiger partial charge in [0.15, 0.2) is 0 Å². The van der Waals surface area contributed by atoms with Gasteiger partial charge in [0.2, 0.25) is 5.91 Å². The Balaban J connectivity index is 2.97. The van der Waals surface area contributed by atoms with Gasteiger partial charge in [0.1, 0.15) is 0 Å². The third-order valence-corrected chi connectivity index (χ3v) is 1.51. The van der Waals surface area contributed by atoms with Crippen LogP contribution in [0.25, 0.3) is 0 Å². The van der Waals surface area contributed by atoms with Gasteiger partial charge in [0.25, 0.3) is 6.43 Å². The standard InChI is InChI=1S/C9H9F2NO/c1-6(13)12-8-5-3-2-4-7(8)9(10)11/h2-5,9H,1H3,(H,12,13). The zero-order valence-electron chi connectivity index (χ0n) is 7.05. The van der Waals surface area contributed by atoms with Crippen molar-refractivity contribution in [3.63, 3.8) is 0 Å². The Morgan fingerprint density at radius 2 is 2.00 bits per heavy atom. The Labute approximate surface area is 74.6 Å². The van der Waals surface area contributed by atoms with Crippen molar-refractivity contribution in [3.05, 3.63) is 29.8 Å². The summed E-state index contributed by atoms with van der Waals surface area (Å²) in [6, 6.07) is 5.84. The zero-order valence-corrected chi connectivity index (χ0v) is 7.05. The predicted octanol–water partition coefficient (Wildman–Crippen LogP) is 2.58. The van der Waals surface area contributed by atoms with Crippen LogP contribution in [0, 0.1) is 0 Å². The molecule has 0 aromatic heterocycles. The number of rotatable bonds is 2. The highest BCUT2D eigenvalue weighted by atomic mass is 19.3. The molecule has 0 aliphatic heterocycles. The second-order valence-corrected chi connectivity index (χ2v) is 2.57. The SMILES string of the molecule is CC(=O)Nc1ccccc1C(F)F. The van der Waals surface area contributed by atoms with Crippen molar-refractivity contribution in [1.29, 1.82) is 0 Å². The lowest BCUT2D eigenvalue weighted by Gasteiger charge is -2.07. The molecule has 2 nitrogen and oxygen atoms in total. The Morgan fingerprint density at radius 1 is 1.38 bits per heavy atom. The molecule has 0 bridgehead atoms. The number of hydrogen-bond acceptors (Lipinski definition) is 1. The van der Waals surface area contributed by atoms with E-state index in [0.29, 0.717) is 0 Å². The van der Waals surface area contributed by atoms with E-state index in [1.807, 2.05) is 0 Å². The molecule has 0 aliphatic rings. The van der Waals surface area contributed by atoms with Crippen LogP contribution in [0.2, 0.25) is 0 Å². The van der Waals surface area contributed by atoms with Crippen LogP contribution in [-0.2, 0) is 4.79 Å². The molecule has 0 radical (unpaired) electrons. The topological polar surface area (TPSA) is 29.1 Å². The molecule has 1 N–H and O–H groups in total. The smallest absolute Gasteiger partial charge is 0.265 e. The number of carbonyl (C=O) groups excluding carboxylic acids is 1. The number of halogens is 2. The van der Waals surface area contributed by atoms with E-state index in [9.17, 15) is 13.6 Å². The first-order chi connectivity index (χ1) is 6.11. The van der Waals surface area contributed by atoms with Gasteiger partial charge in [-0.25, -0.2) is 8.78 Å². The third kappa shape index (κ3) is 2.50. The predicted molar refractivity (Wildman–Crippen MR) is 45.7 cm³/mol. The number of anilines is 1. The zero-order chi connectivity index (χ0) is 9.84. The van der Waals surface area contributed by atoms with Crippen molar-refractivity contribution in [2.45, 2.75) is 13.3 Å². The Bertz CT molecular complexity index is 312. The number of carbonyl (C=O) groups is 1. The molecule has 1 aromatic rings. The lowest BCUT2D eigenvalue weighted by molar-refractivity contribution is -0.114. The van der Waals surface area contributed by atoms with Gasteiger partial charge in [0, 0.05) is 18.2 Å². The minimum atomic E-state index is -2.57. The highest BCUT2D eigenvalue weighted by molar-refractivity contribution is 5.89. The molecular weight excluding hydrogens is 176 g/mol. The first kappa shape index (κ1) is 9.64. The summed E-state index contributed by atoms with van der Waals surface area (Å²) in [5, 5.41) is 2.34. The molecule has 13 heavy (non-hydrogen) atoms. The minimum Gasteiger partial charge on any atom is -0.326 e. The molecule has 0 spiro atoms. The van der Waals surface area contributed by atoms with Gasteiger partial charge in [-0.2, -0.15) is 0 Å². The van der Waals surface area contributed by atoms with Crippen molar-refractivity contribution in [3.8, 4) is 0 Å². The van der Waals surface area contributed by atoms with E-state index in [2.05, 4.69) is 5.32 Å². The van der Waals surface area contributed by atoms with E-state index >= 15 is 0 Å². The summed E-state index contributed by atoms with van der Waals surface area (Å²) in [4.78, 5) is 10.6. The molecule has 70 valence electrons. The maximum atomic E-state index is 12.3. The second kappa shape index (κ2) is 3.98. The van der Waals surface area contributed by atoms with Crippen LogP contribution in [0.4, 0.5) is 14.5 Å². The van der Waals surface area contributed by atoms with Gasteiger partial charge in [-0.3, -0.25) is 4.79 Å². The highest BCUT2D eigenvalue weighted by Crippen LogP contribution is 2.26. The summed E-state index contributed by atoms with van der Waals surface area (Å²) in [7, 11) is 0. The molecule has 1 aromatic carbocycles. The fourth-order valence-corrected chi connectivity index (χ4v) is 0.991. The van der Waals surface area contributed by atoms with Crippen molar-refractivity contribution < 1.29 is 13.6 Å². The molecule has 4 heteroatoms. The van der Waals surface area contributed by atoms with Crippen molar-refractivity contribution in [2.75, 3.05) is 5.32 Å². The van der Waals surface area contributed by atoms with E-state index in [-0.39, 0.29) is 17.2 Å². The van der Waals surface area contributed by atoms with Crippen LogP contribution < -0.4 is 5.32 Å². The lowest BCUT2D eigenvalue weighted by atomic mass is 10.2. The minimum absolute atomic E-state index is 0.155. The van der Waals surface area contributed by atoms with Crippen LogP contribution in [0.1, 0.15) is 18.9 Å². The van der Waals surface area contributed by atoms with Gasteiger partial charge in [-0.1, -0.05) is 18.2 Å².